The summed E-state index contributed by atoms with van der Waals surface area (Å²) in [5.41, 5.74) is 14.5. The average Bonchev–Trinajstić information content (AvgIpc) is 3.45. The molecule has 1 heterocycles. The monoisotopic (exact) mass is 699 g/mol. The van der Waals surface area contributed by atoms with E-state index in [1.807, 2.05) is 24.3 Å². The molecule has 0 N–H and O–H groups in total. The van der Waals surface area contributed by atoms with Gasteiger partial charge in [-0.05, 0) is 90.7 Å². The number of hydrogen-bond acceptors (Lipinski definition) is 3. The normalized spacial score (nSPS) is 14.9. The van der Waals surface area contributed by atoms with Crippen LogP contribution in [0.4, 0.5) is 0 Å². The first-order valence-corrected chi connectivity index (χ1v) is 18.8. The maximum absolute atomic E-state index is 5.26. The zero-order valence-corrected chi connectivity index (χ0v) is 29.9. The Kier molecular flexibility index (Phi) is 7.08. The molecule has 2 aliphatic rings. The third-order valence-electron chi connectivity index (χ3n) is 11.3. The fourth-order valence-electron chi connectivity index (χ4n) is 8.84. The number of aromatic nitrogens is 3. The van der Waals surface area contributed by atoms with Gasteiger partial charge in [0.25, 0.3) is 0 Å². The fourth-order valence-corrected chi connectivity index (χ4v) is 8.84. The molecular weight excluding hydrogens is 667 g/mol. The second-order valence-electron chi connectivity index (χ2n) is 14.4. The predicted molar refractivity (Wildman–Crippen MR) is 225 cm³/mol. The molecule has 11 rings (SSSR count). The molecule has 1 atom stereocenters. The molecule has 0 fully saturated rings. The highest BCUT2D eigenvalue weighted by Gasteiger charge is 2.48. The molecule has 0 radical (unpaired) electrons. The minimum atomic E-state index is -0.580. The molecule has 3 heteroatoms. The molecule has 1 aromatic heterocycles. The van der Waals surface area contributed by atoms with Gasteiger partial charge in [0.15, 0.2) is 17.5 Å². The first-order valence-electron chi connectivity index (χ1n) is 18.8. The Morgan fingerprint density at radius 2 is 0.836 bits per heavy atom. The van der Waals surface area contributed by atoms with Gasteiger partial charge in [-0.1, -0.05) is 176 Å². The van der Waals surface area contributed by atoms with Crippen LogP contribution in [0.5, 0.6) is 0 Å². The summed E-state index contributed by atoms with van der Waals surface area (Å²) in [6, 6.07) is 67.3. The molecule has 1 unspecified atom stereocenters. The van der Waals surface area contributed by atoms with Crippen molar-refractivity contribution in [2.75, 3.05) is 0 Å². The van der Waals surface area contributed by atoms with Crippen molar-refractivity contribution < 1.29 is 0 Å². The van der Waals surface area contributed by atoms with Crippen LogP contribution in [0.2, 0.25) is 0 Å². The topological polar surface area (TPSA) is 38.7 Å². The molecule has 3 nitrogen and oxygen atoms in total. The SMILES string of the molecule is C1=Cc2ccc(-c3nc(-c4ccccc4)nc(-c4cccc(-c5ccccc5)c4)n3)cc2C2(c3ccccc31)c1ccccc1-c1cc3ccccc3cc12. The molecule has 256 valence electrons. The highest BCUT2D eigenvalue weighted by molar-refractivity contribution is 5.98. The maximum Gasteiger partial charge on any atom is 0.164 e. The molecular formula is C52H33N3. The van der Waals surface area contributed by atoms with Crippen molar-refractivity contribution in [2.45, 2.75) is 5.41 Å². The van der Waals surface area contributed by atoms with Gasteiger partial charge in [-0.3, -0.25) is 0 Å². The molecule has 2 aliphatic carbocycles. The molecule has 55 heavy (non-hydrogen) atoms. The summed E-state index contributed by atoms with van der Waals surface area (Å²) in [7, 11) is 0. The van der Waals surface area contributed by atoms with Gasteiger partial charge in [0.1, 0.15) is 0 Å². The molecule has 9 aromatic rings. The van der Waals surface area contributed by atoms with E-state index >= 15 is 0 Å². The minimum Gasteiger partial charge on any atom is -0.208 e. The summed E-state index contributed by atoms with van der Waals surface area (Å²) in [6.07, 6.45) is 4.55. The van der Waals surface area contributed by atoms with Crippen LogP contribution in [0.3, 0.4) is 0 Å². The summed E-state index contributed by atoms with van der Waals surface area (Å²) < 4.78 is 0. The van der Waals surface area contributed by atoms with E-state index in [1.165, 1.54) is 55.3 Å². The van der Waals surface area contributed by atoms with E-state index in [9.17, 15) is 0 Å². The Balaban J connectivity index is 1.18. The molecule has 0 saturated carbocycles. The van der Waals surface area contributed by atoms with E-state index in [-0.39, 0.29) is 0 Å². The Bertz CT molecular complexity index is 2980. The first kappa shape index (κ1) is 31.3. The first-order chi connectivity index (χ1) is 27.2. The van der Waals surface area contributed by atoms with Crippen LogP contribution in [0.1, 0.15) is 33.4 Å². The van der Waals surface area contributed by atoms with Gasteiger partial charge in [0.05, 0.1) is 5.41 Å². The molecule has 8 aromatic carbocycles. The zero-order chi connectivity index (χ0) is 36.3. The summed E-state index contributed by atoms with van der Waals surface area (Å²) in [6.45, 7) is 0. The van der Waals surface area contributed by atoms with Crippen molar-refractivity contribution in [2.24, 2.45) is 0 Å². The molecule has 0 bridgehead atoms. The Hall–Kier alpha value is -7.23. The van der Waals surface area contributed by atoms with Gasteiger partial charge in [-0.2, -0.15) is 0 Å². The predicted octanol–water partition coefficient (Wildman–Crippen LogP) is 12.5. The van der Waals surface area contributed by atoms with Crippen molar-refractivity contribution in [3.8, 4) is 56.4 Å². The summed E-state index contributed by atoms with van der Waals surface area (Å²) >= 11 is 0. The van der Waals surface area contributed by atoms with Crippen LogP contribution in [0, 0.1) is 0 Å². The van der Waals surface area contributed by atoms with Crippen LogP contribution >= 0.6 is 0 Å². The van der Waals surface area contributed by atoms with Crippen LogP contribution in [-0.2, 0) is 5.41 Å². The van der Waals surface area contributed by atoms with Crippen molar-refractivity contribution in [3.63, 3.8) is 0 Å². The van der Waals surface area contributed by atoms with Crippen molar-refractivity contribution in [3.05, 3.63) is 221 Å². The zero-order valence-electron chi connectivity index (χ0n) is 29.9. The smallest absolute Gasteiger partial charge is 0.164 e. The van der Waals surface area contributed by atoms with Gasteiger partial charge in [-0.15, -0.1) is 0 Å². The van der Waals surface area contributed by atoms with Gasteiger partial charge in [0.2, 0.25) is 0 Å². The molecule has 0 amide bonds. The van der Waals surface area contributed by atoms with Crippen LogP contribution in [0.15, 0.2) is 188 Å². The van der Waals surface area contributed by atoms with Gasteiger partial charge in [0, 0.05) is 16.7 Å². The largest absolute Gasteiger partial charge is 0.208 e. The second-order valence-corrected chi connectivity index (χ2v) is 14.4. The lowest BCUT2D eigenvalue weighted by atomic mass is 9.65. The third-order valence-corrected chi connectivity index (χ3v) is 11.3. The van der Waals surface area contributed by atoms with E-state index < -0.39 is 5.41 Å². The van der Waals surface area contributed by atoms with Gasteiger partial charge < -0.3 is 0 Å². The number of benzene rings is 8. The number of hydrogen-bond donors (Lipinski definition) is 0. The van der Waals surface area contributed by atoms with Crippen molar-refractivity contribution in [1.82, 2.24) is 15.0 Å². The Morgan fingerprint density at radius 3 is 1.60 bits per heavy atom. The van der Waals surface area contributed by atoms with Crippen LogP contribution in [-0.4, -0.2) is 15.0 Å². The summed E-state index contributed by atoms with van der Waals surface area (Å²) in [5, 5.41) is 2.47. The summed E-state index contributed by atoms with van der Waals surface area (Å²) in [4.78, 5) is 15.5. The van der Waals surface area contributed by atoms with E-state index in [2.05, 4.69) is 176 Å². The van der Waals surface area contributed by atoms with Crippen LogP contribution in [0.25, 0.3) is 79.3 Å². The number of nitrogens with zero attached hydrogens (tertiary/aromatic N) is 3. The lowest BCUT2D eigenvalue weighted by Crippen LogP contribution is -2.30. The van der Waals surface area contributed by atoms with Gasteiger partial charge >= 0.3 is 0 Å². The quantitative estimate of drug-likeness (QED) is 0.184. The van der Waals surface area contributed by atoms with Crippen molar-refractivity contribution in [1.29, 1.82) is 0 Å². The van der Waals surface area contributed by atoms with E-state index in [0.29, 0.717) is 17.5 Å². The average molecular weight is 700 g/mol. The Labute approximate surface area is 320 Å². The Morgan fingerprint density at radius 1 is 0.291 bits per heavy atom. The fraction of sp³-hybridized carbons (Fsp3) is 0.0192. The highest BCUT2D eigenvalue weighted by atomic mass is 15.0. The highest BCUT2D eigenvalue weighted by Crippen LogP contribution is 2.59. The lowest BCUT2D eigenvalue weighted by Gasteiger charge is -2.35. The molecule has 0 aliphatic heterocycles. The van der Waals surface area contributed by atoms with E-state index in [0.717, 1.165) is 27.8 Å². The molecule has 0 saturated heterocycles. The van der Waals surface area contributed by atoms with Gasteiger partial charge in [-0.25, -0.2) is 15.0 Å². The second kappa shape index (κ2) is 12.4. The number of fused-ring (bicyclic) bond motifs is 10. The molecule has 1 spiro atoms. The van der Waals surface area contributed by atoms with Crippen molar-refractivity contribution >= 4 is 22.9 Å². The number of rotatable bonds is 4. The minimum absolute atomic E-state index is 0.580. The van der Waals surface area contributed by atoms with E-state index in [1.54, 1.807) is 0 Å². The standard InChI is InChI=1S/C52H33N3/c1-3-14-34(15-4-1)38-21-13-22-41(30-38)50-53-49(37-17-5-2-6-18-37)54-51(55-50)42-29-28-36-27-26-35-16-9-11-24-45(35)52(47(36)33-42)46-25-12-10-23-43(46)44-31-39-19-7-8-20-40(39)32-48(44)52/h1-33H. The van der Waals surface area contributed by atoms with E-state index in [4.69, 9.17) is 15.0 Å². The summed E-state index contributed by atoms with van der Waals surface area (Å²) in [5.74, 6) is 1.92. The third kappa shape index (κ3) is 4.94. The van der Waals surface area contributed by atoms with Crippen LogP contribution < -0.4 is 0 Å². The maximum atomic E-state index is 5.26. The lowest BCUT2D eigenvalue weighted by molar-refractivity contribution is 0.767.